The predicted molar refractivity (Wildman–Crippen MR) is 140 cm³/mol. The minimum atomic E-state index is -0.378. The second-order valence-electron chi connectivity index (χ2n) is 8.70. The van der Waals surface area contributed by atoms with E-state index in [2.05, 4.69) is 32.8 Å². The van der Waals surface area contributed by atoms with Gasteiger partial charge in [0.1, 0.15) is 0 Å². The zero-order valence-corrected chi connectivity index (χ0v) is 21.7. The number of methoxy groups -OCH3 is 2. The summed E-state index contributed by atoms with van der Waals surface area (Å²) in [6.07, 6.45) is 2.70. The third-order valence-electron chi connectivity index (χ3n) is 6.52. The van der Waals surface area contributed by atoms with Gasteiger partial charge in [0.2, 0.25) is 0 Å². The minimum Gasteiger partial charge on any atom is -0.469 e. The molecule has 1 fully saturated rings. The van der Waals surface area contributed by atoms with Gasteiger partial charge in [-0.25, -0.2) is 4.79 Å². The average molecular weight is 507 g/mol. The second-order valence-corrected chi connectivity index (χ2v) is 9.09. The smallest absolute Gasteiger partial charge is 0.337 e. The van der Waals surface area contributed by atoms with E-state index in [4.69, 9.17) is 21.7 Å². The summed E-state index contributed by atoms with van der Waals surface area (Å²) in [6, 6.07) is 15.1. The number of aryl methyl sites for hydroxylation is 1. The molecule has 1 aromatic carbocycles. The largest absolute Gasteiger partial charge is 0.469 e. The molecular weight excluding hydrogens is 476 g/mol. The van der Waals surface area contributed by atoms with Crippen molar-refractivity contribution in [1.29, 1.82) is 0 Å². The van der Waals surface area contributed by atoms with Crippen LogP contribution in [0.25, 0.3) is 5.69 Å². The normalized spacial score (nSPS) is 17.1. The fourth-order valence-corrected chi connectivity index (χ4v) is 5.19. The molecular formula is C27H30N4O4S. The molecule has 0 unspecified atom stereocenters. The van der Waals surface area contributed by atoms with Gasteiger partial charge in [-0.05, 0) is 74.4 Å². The monoisotopic (exact) mass is 506 g/mol. The SMILES string of the molecule is COC(=O)CCCN1C(=S)N[C@@H](c2ccccn2)[C@H]1c1cc(C)n(-c2cccc(C(=O)OC)c2)c1C. The lowest BCUT2D eigenvalue weighted by Crippen LogP contribution is -2.31. The minimum absolute atomic E-state index is 0.131. The summed E-state index contributed by atoms with van der Waals surface area (Å²) in [5.74, 6) is -0.619. The standard InChI is InChI=1S/C27H30N4O4S/c1-17-15-21(18(2)31(17)20-10-7-9-19(16-20)26(33)35-4)25-24(22-11-5-6-13-28-22)29-27(36)30(25)14-8-12-23(32)34-3/h5-7,9-11,13,15-16,24-25H,8,12,14H2,1-4H3,(H,29,36)/t24-,25+/m0/s1. The van der Waals surface area contributed by atoms with Crippen molar-refractivity contribution < 1.29 is 19.1 Å². The van der Waals surface area contributed by atoms with Crippen LogP contribution in [0.15, 0.2) is 54.7 Å². The van der Waals surface area contributed by atoms with Crippen molar-refractivity contribution >= 4 is 29.3 Å². The van der Waals surface area contributed by atoms with E-state index in [-0.39, 0.29) is 24.0 Å². The maximum atomic E-state index is 12.1. The zero-order chi connectivity index (χ0) is 25.8. The van der Waals surface area contributed by atoms with Crippen LogP contribution in [0.4, 0.5) is 0 Å². The number of pyridine rings is 1. The van der Waals surface area contributed by atoms with Gasteiger partial charge < -0.3 is 24.3 Å². The van der Waals surface area contributed by atoms with Crippen LogP contribution in [0.5, 0.6) is 0 Å². The van der Waals surface area contributed by atoms with E-state index in [1.54, 1.807) is 12.3 Å². The summed E-state index contributed by atoms with van der Waals surface area (Å²) >= 11 is 5.75. The molecule has 3 aromatic rings. The molecule has 188 valence electrons. The molecule has 2 atom stereocenters. The summed E-state index contributed by atoms with van der Waals surface area (Å²) in [5.41, 5.74) is 5.40. The number of nitrogens with zero attached hydrogens (tertiary/aromatic N) is 3. The Balaban J connectivity index is 1.76. The summed E-state index contributed by atoms with van der Waals surface area (Å²) in [5, 5.41) is 4.08. The van der Waals surface area contributed by atoms with Crippen molar-refractivity contribution in [2.45, 2.75) is 38.8 Å². The molecule has 1 N–H and O–H groups in total. The topological polar surface area (TPSA) is 85.7 Å². The molecule has 4 rings (SSSR count). The molecule has 1 aliphatic heterocycles. The van der Waals surface area contributed by atoms with E-state index in [9.17, 15) is 9.59 Å². The van der Waals surface area contributed by atoms with Gasteiger partial charge in [0.25, 0.3) is 0 Å². The molecule has 0 aliphatic carbocycles. The first kappa shape index (κ1) is 25.4. The Morgan fingerprint density at radius 1 is 1.08 bits per heavy atom. The van der Waals surface area contributed by atoms with Gasteiger partial charge in [0, 0.05) is 36.2 Å². The fraction of sp³-hybridized carbons (Fsp3) is 0.333. The highest BCUT2D eigenvalue weighted by molar-refractivity contribution is 7.80. The lowest BCUT2D eigenvalue weighted by molar-refractivity contribution is -0.140. The summed E-state index contributed by atoms with van der Waals surface area (Å²) in [4.78, 5) is 30.6. The highest BCUT2D eigenvalue weighted by Crippen LogP contribution is 2.41. The first-order valence-corrected chi connectivity index (χ1v) is 12.2. The van der Waals surface area contributed by atoms with Gasteiger partial charge in [-0.1, -0.05) is 12.1 Å². The Morgan fingerprint density at radius 2 is 1.89 bits per heavy atom. The Hall–Kier alpha value is -3.72. The van der Waals surface area contributed by atoms with Crippen LogP contribution >= 0.6 is 12.2 Å². The third-order valence-corrected chi connectivity index (χ3v) is 6.87. The van der Waals surface area contributed by atoms with Crippen molar-refractivity contribution in [3.8, 4) is 5.69 Å². The number of ether oxygens (including phenoxy) is 2. The molecule has 0 bridgehead atoms. The van der Waals surface area contributed by atoms with Gasteiger partial charge in [-0.15, -0.1) is 0 Å². The van der Waals surface area contributed by atoms with Gasteiger partial charge in [0.15, 0.2) is 5.11 Å². The number of thiocarbonyl (C=S) groups is 1. The van der Waals surface area contributed by atoms with Gasteiger partial charge in [-0.3, -0.25) is 9.78 Å². The van der Waals surface area contributed by atoms with Crippen LogP contribution in [0, 0.1) is 13.8 Å². The highest BCUT2D eigenvalue weighted by atomic mass is 32.1. The molecule has 36 heavy (non-hydrogen) atoms. The number of benzene rings is 1. The van der Waals surface area contributed by atoms with E-state index in [1.165, 1.54) is 14.2 Å². The number of carbonyl (C=O) groups is 2. The quantitative estimate of drug-likeness (QED) is 0.359. The summed E-state index contributed by atoms with van der Waals surface area (Å²) in [6.45, 7) is 4.70. The van der Waals surface area contributed by atoms with Crippen molar-refractivity contribution in [2.75, 3.05) is 20.8 Å². The lowest BCUT2D eigenvalue weighted by atomic mass is 9.96. The maximum absolute atomic E-state index is 12.1. The molecule has 8 nitrogen and oxygen atoms in total. The molecule has 1 aliphatic rings. The van der Waals surface area contributed by atoms with Crippen molar-refractivity contribution in [3.63, 3.8) is 0 Å². The molecule has 1 saturated heterocycles. The van der Waals surface area contributed by atoms with Crippen LogP contribution in [0.3, 0.4) is 0 Å². The second kappa shape index (κ2) is 10.9. The van der Waals surface area contributed by atoms with E-state index >= 15 is 0 Å². The Labute approximate surface area is 216 Å². The molecule has 0 saturated carbocycles. The van der Waals surface area contributed by atoms with Crippen LogP contribution in [-0.4, -0.2) is 52.3 Å². The molecule has 9 heteroatoms. The maximum Gasteiger partial charge on any atom is 0.337 e. The number of carbonyl (C=O) groups excluding carboxylic acids is 2. The molecule has 0 amide bonds. The van der Waals surface area contributed by atoms with Crippen LogP contribution in [0.1, 0.15) is 57.9 Å². The Bertz CT molecular complexity index is 1270. The average Bonchev–Trinajstić information content (AvgIpc) is 3.38. The zero-order valence-electron chi connectivity index (χ0n) is 20.9. The number of hydrogen-bond acceptors (Lipinski definition) is 6. The number of hydrogen-bond donors (Lipinski definition) is 1. The first-order chi connectivity index (χ1) is 17.3. The van der Waals surface area contributed by atoms with Crippen molar-refractivity contribution in [2.24, 2.45) is 0 Å². The summed E-state index contributed by atoms with van der Waals surface area (Å²) < 4.78 is 11.9. The van der Waals surface area contributed by atoms with E-state index in [0.717, 1.165) is 28.3 Å². The molecule has 0 spiro atoms. The molecule has 3 heterocycles. The molecule has 0 radical (unpaired) electrons. The van der Waals surface area contributed by atoms with Gasteiger partial charge in [-0.2, -0.15) is 0 Å². The lowest BCUT2D eigenvalue weighted by Gasteiger charge is -2.28. The number of esters is 2. The van der Waals surface area contributed by atoms with Crippen LogP contribution in [0.2, 0.25) is 0 Å². The van der Waals surface area contributed by atoms with E-state index in [1.807, 2.05) is 43.3 Å². The van der Waals surface area contributed by atoms with Crippen LogP contribution in [-0.2, 0) is 14.3 Å². The van der Waals surface area contributed by atoms with Crippen molar-refractivity contribution in [1.82, 2.24) is 19.8 Å². The van der Waals surface area contributed by atoms with Gasteiger partial charge in [0.05, 0.1) is 37.6 Å². The number of aromatic nitrogens is 2. The van der Waals surface area contributed by atoms with Crippen molar-refractivity contribution in [3.05, 3.63) is 82.9 Å². The van der Waals surface area contributed by atoms with E-state index < -0.39 is 0 Å². The van der Waals surface area contributed by atoms with E-state index in [0.29, 0.717) is 30.1 Å². The Kier molecular flexibility index (Phi) is 7.69. The van der Waals surface area contributed by atoms with Gasteiger partial charge >= 0.3 is 11.9 Å². The summed E-state index contributed by atoms with van der Waals surface area (Å²) in [7, 11) is 2.77. The predicted octanol–water partition coefficient (Wildman–Crippen LogP) is 4.20. The molecule has 2 aromatic heterocycles. The Morgan fingerprint density at radius 3 is 2.58 bits per heavy atom. The highest BCUT2D eigenvalue weighted by Gasteiger charge is 2.41. The third kappa shape index (κ3) is 4.97. The number of rotatable bonds is 8. The number of nitrogens with one attached hydrogen (secondary N) is 1. The van der Waals surface area contributed by atoms with Crippen LogP contribution < -0.4 is 5.32 Å². The fourth-order valence-electron chi connectivity index (χ4n) is 4.85. The first-order valence-electron chi connectivity index (χ1n) is 11.8.